The van der Waals surface area contributed by atoms with Gasteiger partial charge in [0.15, 0.2) is 0 Å². The zero-order valence-electron chi connectivity index (χ0n) is 15.2. The van der Waals surface area contributed by atoms with Crippen molar-refractivity contribution in [3.63, 3.8) is 0 Å². The lowest BCUT2D eigenvalue weighted by Gasteiger charge is -2.31. The number of hydrogen-bond acceptors (Lipinski definition) is 4. The molecular formula is C21H27N3O2. The van der Waals surface area contributed by atoms with Gasteiger partial charge in [-0.1, -0.05) is 18.2 Å². The van der Waals surface area contributed by atoms with Gasteiger partial charge in [-0.2, -0.15) is 0 Å². The summed E-state index contributed by atoms with van der Waals surface area (Å²) in [6.07, 6.45) is 4.86. The van der Waals surface area contributed by atoms with Crippen LogP contribution in [0.15, 0.2) is 47.1 Å². The van der Waals surface area contributed by atoms with Crippen LogP contribution in [0.2, 0.25) is 0 Å². The Labute approximate surface area is 155 Å². The normalized spacial score (nSPS) is 20.2. The number of benzene rings is 1. The molecule has 0 unspecified atom stereocenters. The van der Waals surface area contributed by atoms with Gasteiger partial charge in [-0.05, 0) is 49.6 Å². The number of carbonyl (C=O) groups excluding carboxylic acids is 1. The zero-order chi connectivity index (χ0) is 17.8. The highest BCUT2D eigenvalue weighted by Gasteiger charge is 2.26. The number of anilines is 1. The van der Waals surface area contributed by atoms with E-state index < -0.39 is 0 Å². The number of fused-ring (bicyclic) bond motifs is 1. The Bertz CT molecular complexity index is 729. The van der Waals surface area contributed by atoms with E-state index in [2.05, 4.69) is 39.4 Å². The van der Waals surface area contributed by atoms with E-state index >= 15 is 0 Å². The molecule has 0 radical (unpaired) electrons. The Morgan fingerprint density at radius 3 is 3.00 bits per heavy atom. The molecule has 1 atom stereocenters. The number of hydrogen-bond donors (Lipinski definition) is 1. The van der Waals surface area contributed by atoms with Crippen molar-refractivity contribution in [2.75, 3.05) is 37.6 Å². The third kappa shape index (κ3) is 3.93. The lowest BCUT2D eigenvalue weighted by molar-refractivity contribution is -0.126. The van der Waals surface area contributed by atoms with Gasteiger partial charge in [0, 0.05) is 31.9 Å². The maximum absolute atomic E-state index is 12.6. The SMILES string of the molecule is O=C(NCCN1CCc2ccccc21)[C@@H]1CCCN(Cc2ccco2)C1. The molecule has 1 amide bonds. The predicted molar refractivity (Wildman–Crippen MR) is 102 cm³/mol. The molecule has 4 rings (SSSR count). The standard InChI is InChI=1S/C21H27N3O2/c25-21(18-6-3-11-23(15-18)16-19-7-4-14-26-19)22-10-13-24-12-9-17-5-1-2-8-20(17)24/h1-2,4-5,7-8,14,18H,3,6,9-13,15-16H2,(H,22,25)/t18-/m1/s1. The summed E-state index contributed by atoms with van der Waals surface area (Å²) in [5.74, 6) is 1.25. The van der Waals surface area contributed by atoms with E-state index in [4.69, 9.17) is 4.42 Å². The number of nitrogens with one attached hydrogen (secondary N) is 1. The minimum absolute atomic E-state index is 0.0876. The Morgan fingerprint density at radius 1 is 1.19 bits per heavy atom. The number of furan rings is 1. The Morgan fingerprint density at radius 2 is 2.12 bits per heavy atom. The summed E-state index contributed by atoms with van der Waals surface area (Å²) < 4.78 is 5.43. The third-order valence-electron chi connectivity index (χ3n) is 5.50. The topological polar surface area (TPSA) is 48.7 Å². The molecule has 5 nitrogen and oxygen atoms in total. The number of amides is 1. The number of rotatable bonds is 6. The molecule has 2 aliphatic rings. The molecule has 1 aromatic carbocycles. The summed E-state index contributed by atoms with van der Waals surface area (Å²) in [5, 5.41) is 3.16. The van der Waals surface area contributed by atoms with E-state index in [1.807, 2.05) is 12.1 Å². The fourth-order valence-electron chi connectivity index (χ4n) is 4.13. The second-order valence-corrected chi connectivity index (χ2v) is 7.31. The number of nitrogens with zero attached hydrogens (tertiary/aromatic N) is 2. The number of carbonyl (C=O) groups is 1. The highest BCUT2D eigenvalue weighted by Crippen LogP contribution is 2.26. The van der Waals surface area contributed by atoms with Crippen molar-refractivity contribution in [3.8, 4) is 0 Å². The molecule has 1 N–H and O–H groups in total. The molecule has 26 heavy (non-hydrogen) atoms. The molecule has 0 saturated carbocycles. The highest BCUT2D eigenvalue weighted by molar-refractivity contribution is 5.79. The Hall–Kier alpha value is -2.27. The van der Waals surface area contributed by atoms with E-state index in [1.54, 1.807) is 6.26 Å². The van der Waals surface area contributed by atoms with Crippen molar-refractivity contribution in [1.82, 2.24) is 10.2 Å². The average molecular weight is 353 g/mol. The minimum atomic E-state index is 0.0876. The van der Waals surface area contributed by atoms with E-state index in [0.29, 0.717) is 6.54 Å². The Kier molecular flexibility index (Phi) is 5.25. The van der Waals surface area contributed by atoms with E-state index in [-0.39, 0.29) is 11.8 Å². The zero-order valence-corrected chi connectivity index (χ0v) is 15.2. The fourth-order valence-corrected chi connectivity index (χ4v) is 4.13. The van der Waals surface area contributed by atoms with Gasteiger partial charge in [0.25, 0.3) is 0 Å². The van der Waals surface area contributed by atoms with Crippen LogP contribution in [0.5, 0.6) is 0 Å². The van der Waals surface area contributed by atoms with Gasteiger partial charge < -0.3 is 14.6 Å². The summed E-state index contributed by atoms with van der Waals surface area (Å²) in [6, 6.07) is 12.5. The fraction of sp³-hybridized carbons (Fsp3) is 0.476. The lowest BCUT2D eigenvalue weighted by Crippen LogP contribution is -2.44. The van der Waals surface area contributed by atoms with Crippen molar-refractivity contribution in [1.29, 1.82) is 0 Å². The summed E-state index contributed by atoms with van der Waals surface area (Å²) >= 11 is 0. The molecule has 0 aliphatic carbocycles. The summed E-state index contributed by atoms with van der Waals surface area (Å²) in [7, 11) is 0. The van der Waals surface area contributed by atoms with Crippen LogP contribution in [-0.4, -0.2) is 43.5 Å². The van der Waals surface area contributed by atoms with Gasteiger partial charge in [-0.3, -0.25) is 9.69 Å². The van der Waals surface area contributed by atoms with Crippen molar-refractivity contribution in [3.05, 3.63) is 54.0 Å². The van der Waals surface area contributed by atoms with E-state index in [1.165, 1.54) is 11.3 Å². The second-order valence-electron chi connectivity index (χ2n) is 7.31. The number of piperidine rings is 1. The molecular weight excluding hydrogens is 326 g/mol. The molecule has 0 spiro atoms. The molecule has 138 valence electrons. The third-order valence-corrected chi connectivity index (χ3v) is 5.50. The first-order chi connectivity index (χ1) is 12.8. The molecule has 1 saturated heterocycles. The molecule has 0 bridgehead atoms. The monoisotopic (exact) mass is 353 g/mol. The van der Waals surface area contributed by atoms with Crippen LogP contribution < -0.4 is 10.2 Å². The van der Waals surface area contributed by atoms with Crippen LogP contribution in [-0.2, 0) is 17.8 Å². The Balaban J connectivity index is 1.23. The van der Waals surface area contributed by atoms with E-state index in [9.17, 15) is 4.79 Å². The average Bonchev–Trinajstić information content (AvgIpc) is 3.32. The van der Waals surface area contributed by atoms with Crippen molar-refractivity contribution in [2.45, 2.75) is 25.8 Å². The van der Waals surface area contributed by atoms with Crippen molar-refractivity contribution < 1.29 is 9.21 Å². The molecule has 2 aromatic rings. The van der Waals surface area contributed by atoms with Crippen LogP contribution in [0.25, 0.3) is 0 Å². The smallest absolute Gasteiger partial charge is 0.224 e. The number of para-hydroxylation sites is 1. The second kappa shape index (κ2) is 7.96. The maximum atomic E-state index is 12.6. The molecule has 3 heterocycles. The van der Waals surface area contributed by atoms with Gasteiger partial charge in [-0.15, -0.1) is 0 Å². The number of likely N-dealkylation sites (tertiary alicyclic amines) is 1. The maximum Gasteiger partial charge on any atom is 0.224 e. The van der Waals surface area contributed by atoms with Crippen LogP contribution in [0.4, 0.5) is 5.69 Å². The van der Waals surface area contributed by atoms with Crippen molar-refractivity contribution in [2.24, 2.45) is 5.92 Å². The summed E-state index contributed by atoms with van der Waals surface area (Å²) in [4.78, 5) is 17.3. The first-order valence-corrected chi connectivity index (χ1v) is 9.65. The van der Waals surface area contributed by atoms with Gasteiger partial charge >= 0.3 is 0 Å². The largest absolute Gasteiger partial charge is 0.468 e. The van der Waals surface area contributed by atoms with Gasteiger partial charge in [-0.25, -0.2) is 0 Å². The van der Waals surface area contributed by atoms with Crippen LogP contribution in [0, 0.1) is 5.92 Å². The van der Waals surface area contributed by atoms with Gasteiger partial charge in [0.05, 0.1) is 18.7 Å². The quantitative estimate of drug-likeness (QED) is 0.867. The predicted octanol–water partition coefficient (Wildman–Crippen LogP) is 2.67. The van der Waals surface area contributed by atoms with E-state index in [0.717, 1.165) is 57.7 Å². The first kappa shape index (κ1) is 17.2. The lowest BCUT2D eigenvalue weighted by atomic mass is 9.97. The summed E-state index contributed by atoms with van der Waals surface area (Å²) in [5.41, 5.74) is 2.74. The minimum Gasteiger partial charge on any atom is -0.468 e. The van der Waals surface area contributed by atoms with Gasteiger partial charge in [0.2, 0.25) is 5.91 Å². The van der Waals surface area contributed by atoms with Crippen LogP contribution >= 0.6 is 0 Å². The molecule has 5 heteroatoms. The molecule has 1 fully saturated rings. The summed E-state index contributed by atoms with van der Waals surface area (Å²) in [6.45, 7) is 5.29. The highest BCUT2D eigenvalue weighted by atomic mass is 16.3. The molecule has 2 aliphatic heterocycles. The van der Waals surface area contributed by atoms with Crippen LogP contribution in [0.3, 0.4) is 0 Å². The van der Waals surface area contributed by atoms with Crippen LogP contribution in [0.1, 0.15) is 24.2 Å². The first-order valence-electron chi connectivity index (χ1n) is 9.65. The van der Waals surface area contributed by atoms with Crippen molar-refractivity contribution >= 4 is 11.6 Å². The molecule has 1 aromatic heterocycles. The van der Waals surface area contributed by atoms with Gasteiger partial charge in [0.1, 0.15) is 5.76 Å².